The molecule has 19 heavy (non-hydrogen) atoms. The van der Waals surface area contributed by atoms with Gasteiger partial charge in [-0.1, -0.05) is 29.8 Å². The minimum Gasteiger partial charge on any atom is -0.322 e. The Balaban J connectivity index is 2.21. The van der Waals surface area contributed by atoms with Gasteiger partial charge in [0.25, 0.3) is 5.91 Å². The SMILES string of the molecule is O=C(Nc1ccc(CCl)cc1)c1c(F)cccc1Cl. The number of anilines is 1. The summed E-state index contributed by atoms with van der Waals surface area (Å²) in [7, 11) is 0. The molecule has 0 radical (unpaired) electrons. The zero-order chi connectivity index (χ0) is 13.8. The highest BCUT2D eigenvalue weighted by molar-refractivity contribution is 6.34. The van der Waals surface area contributed by atoms with Crippen LogP contribution in [0.1, 0.15) is 15.9 Å². The standard InChI is InChI=1S/C14H10Cl2FNO/c15-8-9-4-6-10(7-5-9)18-14(19)13-11(16)2-1-3-12(13)17/h1-7H,8H2,(H,18,19). The fraction of sp³-hybridized carbons (Fsp3) is 0.0714. The minimum atomic E-state index is -0.651. The van der Waals surface area contributed by atoms with Crippen LogP contribution in [0.2, 0.25) is 5.02 Å². The van der Waals surface area contributed by atoms with Crippen molar-refractivity contribution in [3.63, 3.8) is 0 Å². The lowest BCUT2D eigenvalue weighted by Crippen LogP contribution is -2.14. The molecule has 0 aromatic heterocycles. The molecule has 0 fully saturated rings. The molecule has 0 heterocycles. The van der Waals surface area contributed by atoms with Gasteiger partial charge in [-0.15, -0.1) is 11.6 Å². The van der Waals surface area contributed by atoms with Gasteiger partial charge < -0.3 is 5.32 Å². The Morgan fingerprint density at radius 1 is 1.16 bits per heavy atom. The molecule has 1 N–H and O–H groups in total. The van der Waals surface area contributed by atoms with Gasteiger partial charge in [0.2, 0.25) is 0 Å². The number of amides is 1. The molecule has 98 valence electrons. The van der Waals surface area contributed by atoms with E-state index in [4.69, 9.17) is 23.2 Å². The Bertz CT molecular complexity index is 579. The van der Waals surface area contributed by atoms with E-state index < -0.39 is 11.7 Å². The van der Waals surface area contributed by atoms with Crippen molar-refractivity contribution in [3.05, 3.63) is 64.4 Å². The summed E-state index contributed by atoms with van der Waals surface area (Å²) in [6.07, 6.45) is 0. The molecular formula is C14H10Cl2FNO. The number of benzene rings is 2. The Kier molecular flexibility index (Phi) is 4.40. The van der Waals surface area contributed by atoms with E-state index in [1.165, 1.54) is 18.2 Å². The van der Waals surface area contributed by atoms with E-state index in [0.717, 1.165) is 5.56 Å². The van der Waals surface area contributed by atoms with Crippen molar-refractivity contribution in [1.29, 1.82) is 0 Å². The van der Waals surface area contributed by atoms with Crippen LogP contribution < -0.4 is 5.32 Å². The highest BCUT2D eigenvalue weighted by atomic mass is 35.5. The van der Waals surface area contributed by atoms with Gasteiger partial charge in [-0.3, -0.25) is 4.79 Å². The van der Waals surface area contributed by atoms with Crippen LogP contribution in [-0.2, 0) is 5.88 Å². The van der Waals surface area contributed by atoms with Crippen molar-refractivity contribution in [3.8, 4) is 0 Å². The predicted molar refractivity (Wildman–Crippen MR) is 75.4 cm³/mol. The zero-order valence-electron chi connectivity index (χ0n) is 9.79. The topological polar surface area (TPSA) is 29.1 Å². The Labute approximate surface area is 120 Å². The average molecular weight is 298 g/mol. The molecule has 0 aliphatic rings. The predicted octanol–water partition coefficient (Wildman–Crippen LogP) is 4.47. The van der Waals surface area contributed by atoms with E-state index in [2.05, 4.69) is 5.32 Å². The molecule has 0 spiro atoms. The van der Waals surface area contributed by atoms with Crippen molar-refractivity contribution in [1.82, 2.24) is 0 Å². The second kappa shape index (κ2) is 6.04. The molecule has 2 rings (SSSR count). The summed E-state index contributed by atoms with van der Waals surface area (Å²) in [5, 5.41) is 2.66. The number of hydrogen-bond donors (Lipinski definition) is 1. The molecular weight excluding hydrogens is 288 g/mol. The average Bonchev–Trinajstić information content (AvgIpc) is 2.39. The summed E-state index contributed by atoms with van der Waals surface area (Å²) in [5.74, 6) is -0.836. The molecule has 1 amide bonds. The third-order valence-corrected chi connectivity index (χ3v) is 3.18. The van der Waals surface area contributed by atoms with E-state index in [0.29, 0.717) is 11.6 Å². The number of rotatable bonds is 3. The highest BCUT2D eigenvalue weighted by Crippen LogP contribution is 2.20. The first kappa shape index (κ1) is 13.8. The van der Waals surface area contributed by atoms with Crippen molar-refractivity contribution in [2.24, 2.45) is 0 Å². The lowest BCUT2D eigenvalue weighted by Gasteiger charge is -2.08. The number of hydrogen-bond acceptors (Lipinski definition) is 1. The first-order chi connectivity index (χ1) is 9.11. The van der Waals surface area contributed by atoms with Crippen LogP contribution in [0.3, 0.4) is 0 Å². The van der Waals surface area contributed by atoms with Crippen LogP contribution >= 0.6 is 23.2 Å². The molecule has 2 aromatic rings. The first-order valence-corrected chi connectivity index (χ1v) is 6.43. The molecule has 0 aliphatic carbocycles. The molecule has 0 unspecified atom stereocenters. The monoisotopic (exact) mass is 297 g/mol. The fourth-order valence-electron chi connectivity index (χ4n) is 1.59. The number of halogens is 3. The van der Waals surface area contributed by atoms with Gasteiger partial charge in [0.1, 0.15) is 5.82 Å². The summed E-state index contributed by atoms with van der Waals surface area (Å²) in [6.45, 7) is 0. The lowest BCUT2D eigenvalue weighted by molar-refractivity contribution is 0.102. The molecule has 0 saturated carbocycles. The molecule has 2 nitrogen and oxygen atoms in total. The van der Waals surface area contributed by atoms with Crippen molar-refractivity contribution in [2.45, 2.75) is 5.88 Å². The van der Waals surface area contributed by atoms with E-state index in [-0.39, 0.29) is 10.6 Å². The summed E-state index contributed by atoms with van der Waals surface area (Å²) < 4.78 is 13.6. The summed E-state index contributed by atoms with van der Waals surface area (Å²) >= 11 is 11.5. The van der Waals surface area contributed by atoms with Crippen LogP contribution in [0.15, 0.2) is 42.5 Å². The smallest absolute Gasteiger partial charge is 0.260 e. The van der Waals surface area contributed by atoms with Crippen LogP contribution in [0.25, 0.3) is 0 Å². The van der Waals surface area contributed by atoms with Gasteiger partial charge in [0.05, 0.1) is 10.6 Å². The Hall–Kier alpha value is -1.58. The maximum atomic E-state index is 13.6. The van der Waals surface area contributed by atoms with Crippen molar-refractivity contribution < 1.29 is 9.18 Å². The van der Waals surface area contributed by atoms with Crippen LogP contribution in [0.4, 0.5) is 10.1 Å². The normalized spacial score (nSPS) is 10.3. The molecule has 0 atom stereocenters. The van der Waals surface area contributed by atoms with Crippen molar-refractivity contribution in [2.75, 3.05) is 5.32 Å². The molecule has 0 bridgehead atoms. The fourth-order valence-corrected chi connectivity index (χ4v) is 2.01. The minimum absolute atomic E-state index is 0.0786. The second-order valence-electron chi connectivity index (χ2n) is 3.88. The van der Waals surface area contributed by atoms with Gasteiger partial charge in [0.15, 0.2) is 0 Å². The third kappa shape index (κ3) is 3.25. The van der Waals surface area contributed by atoms with Crippen LogP contribution in [0.5, 0.6) is 0 Å². The van der Waals surface area contributed by atoms with Gasteiger partial charge in [-0.05, 0) is 29.8 Å². The Morgan fingerprint density at radius 3 is 2.42 bits per heavy atom. The number of nitrogens with one attached hydrogen (secondary N) is 1. The van der Waals surface area contributed by atoms with Gasteiger partial charge in [0, 0.05) is 11.6 Å². The van der Waals surface area contributed by atoms with Gasteiger partial charge >= 0.3 is 0 Å². The lowest BCUT2D eigenvalue weighted by atomic mass is 10.2. The maximum Gasteiger partial charge on any atom is 0.260 e. The van der Waals surface area contributed by atoms with E-state index in [1.807, 2.05) is 0 Å². The Morgan fingerprint density at radius 2 is 1.84 bits per heavy atom. The second-order valence-corrected chi connectivity index (χ2v) is 4.56. The molecule has 5 heteroatoms. The van der Waals surface area contributed by atoms with Crippen LogP contribution in [-0.4, -0.2) is 5.91 Å². The quantitative estimate of drug-likeness (QED) is 0.832. The number of carbonyl (C=O) groups is 1. The maximum absolute atomic E-state index is 13.6. The van der Waals surface area contributed by atoms with Crippen molar-refractivity contribution >= 4 is 34.8 Å². The number of alkyl halides is 1. The summed E-state index contributed by atoms with van der Waals surface area (Å²) in [4.78, 5) is 11.9. The molecule has 2 aromatic carbocycles. The van der Waals surface area contributed by atoms with E-state index in [1.54, 1.807) is 24.3 Å². The van der Waals surface area contributed by atoms with Crippen LogP contribution in [0, 0.1) is 5.82 Å². The largest absolute Gasteiger partial charge is 0.322 e. The van der Waals surface area contributed by atoms with E-state index >= 15 is 0 Å². The molecule has 0 saturated heterocycles. The van der Waals surface area contributed by atoms with E-state index in [9.17, 15) is 9.18 Å². The molecule has 0 aliphatic heterocycles. The number of carbonyl (C=O) groups excluding carboxylic acids is 1. The summed E-state index contributed by atoms with van der Waals surface area (Å²) in [6, 6.07) is 11.1. The third-order valence-electron chi connectivity index (χ3n) is 2.56. The van der Waals surface area contributed by atoms with Gasteiger partial charge in [-0.25, -0.2) is 4.39 Å². The first-order valence-electron chi connectivity index (χ1n) is 5.52. The highest BCUT2D eigenvalue weighted by Gasteiger charge is 2.15. The van der Waals surface area contributed by atoms with Gasteiger partial charge in [-0.2, -0.15) is 0 Å². The zero-order valence-corrected chi connectivity index (χ0v) is 11.3. The summed E-state index contributed by atoms with van der Waals surface area (Å²) in [5.41, 5.74) is 1.33.